The molecule has 1 N–H and O–H groups in total. The van der Waals surface area contributed by atoms with Crippen molar-refractivity contribution in [1.82, 2.24) is 24.9 Å². The van der Waals surface area contributed by atoms with Crippen LogP contribution in [0.5, 0.6) is 0 Å². The van der Waals surface area contributed by atoms with Crippen LogP contribution >= 0.6 is 0 Å². The van der Waals surface area contributed by atoms with Crippen molar-refractivity contribution in [3.05, 3.63) is 53.9 Å². The summed E-state index contributed by atoms with van der Waals surface area (Å²) in [4.78, 5) is 37.4. The minimum atomic E-state index is -0.911. The number of pyridine rings is 1. The van der Waals surface area contributed by atoms with Crippen LogP contribution in [0, 0.1) is 5.82 Å². The Bertz CT molecular complexity index is 1160. The smallest absolute Gasteiger partial charge is 0.326 e. The van der Waals surface area contributed by atoms with Crippen molar-refractivity contribution in [3.8, 4) is 11.6 Å². The summed E-state index contributed by atoms with van der Waals surface area (Å²) in [5, 5.41) is 9.49. The van der Waals surface area contributed by atoms with Gasteiger partial charge in [-0.05, 0) is 25.8 Å². The third-order valence-corrected chi connectivity index (χ3v) is 6.06. The van der Waals surface area contributed by atoms with Crippen LogP contribution in [-0.2, 0) is 11.2 Å². The van der Waals surface area contributed by atoms with Gasteiger partial charge < -0.3 is 14.9 Å². The van der Waals surface area contributed by atoms with E-state index >= 15 is 0 Å². The van der Waals surface area contributed by atoms with Crippen molar-refractivity contribution in [2.75, 3.05) is 22.9 Å². The van der Waals surface area contributed by atoms with Crippen molar-refractivity contribution < 1.29 is 14.3 Å². The van der Waals surface area contributed by atoms with Crippen LogP contribution in [0.2, 0.25) is 0 Å². The molecule has 1 saturated heterocycles. The number of carboxylic acid groups (broad SMARTS) is 1. The van der Waals surface area contributed by atoms with E-state index in [4.69, 9.17) is 0 Å². The molecule has 2 atom stereocenters. The van der Waals surface area contributed by atoms with Gasteiger partial charge >= 0.3 is 5.97 Å². The number of rotatable bonds is 4. The fraction of sp³-hybridized carbons (Fsp3) is 0.364. The largest absolute Gasteiger partial charge is 0.480 e. The molecular formula is C22H22FN7O2. The maximum absolute atomic E-state index is 14.5. The lowest BCUT2D eigenvalue weighted by Crippen LogP contribution is -2.38. The van der Waals surface area contributed by atoms with E-state index in [0.717, 1.165) is 17.7 Å². The highest BCUT2D eigenvalue weighted by Gasteiger charge is 2.33. The Hall–Kier alpha value is -3.69. The standard InChI is InChI=1S/C22H22FN7O2/c1-13-15-12-26-21(20-24-6-3-7-25-20)27-16(15)5-9-29(13)18-10-14(23)11-19(28-18)30-8-2-4-17(30)22(31)32/h3,6-7,10-13,17H,2,4-5,8-9H2,1H3,(H,31,32). The number of carboxylic acids is 1. The number of halogens is 1. The Labute approximate surface area is 184 Å². The Kier molecular flexibility index (Phi) is 5.12. The zero-order valence-electron chi connectivity index (χ0n) is 17.5. The average Bonchev–Trinajstić information content (AvgIpc) is 3.30. The third kappa shape index (κ3) is 3.61. The second-order valence-electron chi connectivity index (χ2n) is 7.98. The number of hydrogen-bond donors (Lipinski definition) is 1. The van der Waals surface area contributed by atoms with Gasteiger partial charge in [-0.3, -0.25) is 0 Å². The van der Waals surface area contributed by atoms with Crippen molar-refractivity contribution >= 4 is 17.6 Å². The normalized spacial score (nSPS) is 20.3. The maximum atomic E-state index is 14.5. The molecule has 9 nitrogen and oxygen atoms in total. The van der Waals surface area contributed by atoms with E-state index in [2.05, 4.69) is 24.9 Å². The molecule has 0 aliphatic carbocycles. The van der Waals surface area contributed by atoms with Crippen LogP contribution in [0.25, 0.3) is 11.6 Å². The molecule has 3 aromatic heterocycles. The van der Waals surface area contributed by atoms with E-state index in [0.29, 0.717) is 49.2 Å². The SMILES string of the molecule is CC1c2cnc(-c3ncccn3)nc2CCN1c1cc(F)cc(N2CCCC2C(=O)O)n1. The third-order valence-electron chi connectivity index (χ3n) is 6.06. The second-order valence-corrected chi connectivity index (χ2v) is 7.98. The zero-order chi connectivity index (χ0) is 22.2. The molecule has 10 heteroatoms. The second kappa shape index (κ2) is 8.10. The van der Waals surface area contributed by atoms with E-state index < -0.39 is 17.8 Å². The number of carbonyl (C=O) groups is 1. The summed E-state index contributed by atoms with van der Waals surface area (Å²) in [6, 6.07) is 3.64. The summed E-state index contributed by atoms with van der Waals surface area (Å²) in [6.07, 6.45) is 6.98. The predicted molar refractivity (Wildman–Crippen MR) is 115 cm³/mol. The van der Waals surface area contributed by atoms with E-state index in [1.807, 2.05) is 11.8 Å². The van der Waals surface area contributed by atoms with Gasteiger partial charge in [0.05, 0.1) is 11.7 Å². The first-order chi connectivity index (χ1) is 15.5. The number of anilines is 2. The molecule has 0 radical (unpaired) electrons. The number of nitrogens with zero attached hydrogens (tertiary/aromatic N) is 7. The molecule has 2 unspecified atom stereocenters. The highest BCUT2D eigenvalue weighted by Crippen LogP contribution is 2.34. The molecule has 1 fully saturated rings. The summed E-state index contributed by atoms with van der Waals surface area (Å²) in [6.45, 7) is 3.14. The molecule has 0 bridgehead atoms. The van der Waals surface area contributed by atoms with Crippen LogP contribution in [0.1, 0.15) is 37.1 Å². The van der Waals surface area contributed by atoms with Gasteiger partial charge in [0.15, 0.2) is 11.6 Å². The topological polar surface area (TPSA) is 108 Å². The maximum Gasteiger partial charge on any atom is 0.326 e. The Balaban J connectivity index is 1.45. The lowest BCUT2D eigenvalue weighted by Gasteiger charge is -2.36. The van der Waals surface area contributed by atoms with Gasteiger partial charge in [0.2, 0.25) is 0 Å². The Morgan fingerprint density at radius 3 is 2.56 bits per heavy atom. The fourth-order valence-corrected chi connectivity index (χ4v) is 4.46. The highest BCUT2D eigenvalue weighted by atomic mass is 19.1. The monoisotopic (exact) mass is 435 g/mol. The highest BCUT2D eigenvalue weighted by molar-refractivity contribution is 5.78. The molecule has 0 saturated carbocycles. The minimum Gasteiger partial charge on any atom is -0.480 e. The van der Waals surface area contributed by atoms with Gasteiger partial charge in [0, 0.05) is 55.8 Å². The minimum absolute atomic E-state index is 0.125. The first kappa shape index (κ1) is 20.2. The molecule has 32 heavy (non-hydrogen) atoms. The van der Waals surface area contributed by atoms with Gasteiger partial charge in [-0.25, -0.2) is 34.1 Å². The molecule has 3 aromatic rings. The lowest BCUT2D eigenvalue weighted by molar-refractivity contribution is -0.138. The summed E-state index contributed by atoms with van der Waals surface area (Å²) in [7, 11) is 0. The summed E-state index contributed by atoms with van der Waals surface area (Å²) in [5.74, 6) is 0.434. The van der Waals surface area contributed by atoms with Crippen molar-refractivity contribution in [1.29, 1.82) is 0 Å². The van der Waals surface area contributed by atoms with Crippen LogP contribution in [-0.4, -0.2) is 55.1 Å². The fourth-order valence-electron chi connectivity index (χ4n) is 4.46. The molecule has 5 heterocycles. The number of hydrogen-bond acceptors (Lipinski definition) is 8. The van der Waals surface area contributed by atoms with Crippen LogP contribution in [0.3, 0.4) is 0 Å². The number of aromatic nitrogens is 5. The lowest BCUT2D eigenvalue weighted by atomic mass is 9.99. The first-order valence-electron chi connectivity index (χ1n) is 10.6. The van der Waals surface area contributed by atoms with E-state index in [1.165, 1.54) is 12.1 Å². The molecule has 2 aliphatic rings. The van der Waals surface area contributed by atoms with Gasteiger partial charge in [0.1, 0.15) is 23.5 Å². The number of aliphatic carboxylic acids is 1. The van der Waals surface area contributed by atoms with E-state index in [1.54, 1.807) is 29.6 Å². The molecule has 0 spiro atoms. The first-order valence-corrected chi connectivity index (χ1v) is 10.6. The number of fused-ring (bicyclic) bond motifs is 1. The average molecular weight is 435 g/mol. The molecule has 2 aliphatic heterocycles. The molecule has 164 valence electrons. The van der Waals surface area contributed by atoms with Crippen LogP contribution in [0.4, 0.5) is 16.0 Å². The Morgan fingerprint density at radius 1 is 1.06 bits per heavy atom. The summed E-state index contributed by atoms with van der Waals surface area (Å²) in [5.41, 5.74) is 1.85. The van der Waals surface area contributed by atoms with E-state index in [-0.39, 0.29) is 6.04 Å². The van der Waals surface area contributed by atoms with Crippen molar-refractivity contribution in [2.24, 2.45) is 0 Å². The van der Waals surface area contributed by atoms with Gasteiger partial charge in [0.25, 0.3) is 0 Å². The van der Waals surface area contributed by atoms with Crippen molar-refractivity contribution in [2.45, 2.75) is 38.3 Å². The van der Waals surface area contributed by atoms with Gasteiger partial charge in [-0.1, -0.05) is 0 Å². The summed E-state index contributed by atoms with van der Waals surface area (Å²) >= 11 is 0. The zero-order valence-corrected chi connectivity index (χ0v) is 17.5. The molecular weight excluding hydrogens is 413 g/mol. The summed E-state index contributed by atoms with van der Waals surface area (Å²) < 4.78 is 14.5. The molecule has 0 amide bonds. The van der Waals surface area contributed by atoms with E-state index in [9.17, 15) is 14.3 Å². The molecule has 5 rings (SSSR count). The Morgan fingerprint density at radius 2 is 1.81 bits per heavy atom. The molecule has 0 aromatic carbocycles. The van der Waals surface area contributed by atoms with Crippen LogP contribution in [0.15, 0.2) is 36.8 Å². The quantitative estimate of drug-likeness (QED) is 0.661. The van der Waals surface area contributed by atoms with Gasteiger partial charge in [-0.2, -0.15) is 0 Å². The van der Waals surface area contributed by atoms with Crippen LogP contribution < -0.4 is 9.80 Å². The van der Waals surface area contributed by atoms with Crippen molar-refractivity contribution in [3.63, 3.8) is 0 Å². The van der Waals surface area contributed by atoms with Gasteiger partial charge in [-0.15, -0.1) is 0 Å². The predicted octanol–water partition coefficient (Wildman–Crippen LogP) is 2.64.